The second-order valence-electron chi connectivity index (χ2n) is 9.18. The summed E-state index contributed by atoms with van der Waals surface area (Å²) >= 11 is 0. The van der Waals surface area contributed by atoms with Gasteiger partial charge in [0.2, 0.25) is 15.0 Å². The van der Waals surface area contributed by atoms with Crippen molar-refractivity contribution in [3.05, 3.63) is 0 Å². The molecule has 3 rings (SSSR count). The second-order valence-corrected chi connectivity index (χ2v) is 12.0. The lowest BCUT2D eigenvalue weighted by Gasteiger charge is -2.40. The first kappa shape index (κ1) is 20.7. The highest BCUT2D eigenvalue weighted by molar-refractivity contribution is 8.13. The number of ether oxygens (including phenoxy) is 1. The normalized spacial score (nSPS) is 31.5. The molecule has 3 aliphatic heterocycles. The number of carbonyl (C=O) groups is 2. The van der Waals surface area contributed by atoms with Crippen LogP contribution in [0.25, 0.3) is 0 Å². The van der Waals surface area contributed by atoms with E-state index in [4.69, 9.17) is 15.4 Å². The minimum Gasteiger partial charge on any atom is -0.444 e. The van der Waals surface area contributed by atoms with E-state index >= 15 is 0 Å². The molecule has 2 amide bonds. The van der Waals surface area contributed by atoms with E-state index in [9.17, 15) is 18.0 Å². The van der Waals surface area contributed by atoms with Gasteiger partial charge in [-0.1, -0.05) is 0 Å². The molecular formula is C18H29ClN2O5S. The Balaban J connectivity index is 1.56. The zero-order valence-electron chi connectivity index (χ0n) is 16.2. The van der Waals surface area contributed by atoms with Gasteiger partial charge in [0.05, 0.1) is 5.75 Å². The molecule has 2 unspecified atom stereocenters. The Morgan fingerprint density at radius 2 is 1.78 bits per heavy atom. The Morgan fingerprint density at radius 1 is 1.19 bits per heavy atom. The average Bonchev–Trinajstić information content (AvgIpc) is 2.93. The lowest BCUT2D eigenvalue weighted by molar-refractivity contribution is -0.128. The minimum absolute atomic E-state index is 0.00207. The third-order valence-electron chi connectivity index (χ3n) is 5.64. The molecule has 7 nitrogen and oxygen atoms in total. The SMILES string of the molecule is CC(C)(C)OC(=O)N1[C@@H]2CC[C@H]1CC(CN1CC(CS(=O)(=O)Cl)CC1=O)C2. The Kier molecular flexibility index (Phi) is 5.70. The Bertz CT molecular complexity index is 691. The average molecular weight is 421 g/mol. The van der Waals surface area contributed by atoms with E-state index in [0.29, 0.717) is 19.0 Å². The van der Waals surface area contributed by atoms with Crippen LogP contribution < -0.4 is 0 Å². The van der Waals surface area contributed by atoms with E-state index in [1.165, 1.54) is 0 Å². The maximum atomic E-state index is 12.5. The molecule has 3 aliphatic rings. The monoisotopic (exact) mass is 420 g/mol. The summed E-state index contributed by atoms with van der Waals surface area (Å²) in [6.45, 7) is 6.70. The highest BCUT2D eigenvalue weighted by atomic mass is 35.7. The number of hydrogen-bond donors (Lipinski definition) is 0. The van der Waals surface area contributed by atoms with Crippen molar-refractivity contribution in [1.82, 2.24) is 9.80 Å². The highest BCUT2D eigenvalue weighted by Crippen LogP contribution is 2.40. The summed E-state index contributed by atoms with van der Waals surface area (Å²) in [5, 5.41) is 0. The van der Waals surface area contributed by atoms with Gasteiger partial charge in [-0.2, -0.15) is 0 Å². The van der Waals surface area contributed by atoms with Crippen LogP contribution in [0.4, 0.5) is 4.79 Å². The van der Waals surface area contributed by atoms with Crippen LogP contribution in [0.3, 0.4) is 0 Å². The smallest absolute Gasteiger partial charge is 0.410 e. The van der Waals surface area contributed by atoms with Gasteiger partial charge in [-0.3, -0.25) is 4.79 Å². The molecule has 0 radical (unpaired) electrons. The molecule has 0 N–H and O–H groups in total. The predicted octanol–water partition coefficient (Wildman–Crippen LogP) is 2.58. The van der Waals surface area contributed by atoms with Gasteiger partial charge in [0.1, 0.15) is 5.60 Å². The summed E-state index contributed by atoms with van der Waals surface area (Å²) in [5.74, 6) is -0.0450. The fourth-order valence-electron chi connectivity index (χ4n) is 4.79. The standard InChI is InChI=1S/C18H29ClN2O5S/c1-18(2,3)26-17(23)21-14-4-5-15(21)7-12(6-14)9-20-10-13(8-16(20)22)11-27(19,24)25/h12-15H,4-11H2,1-3H3/t12?,13?,14-,15+. The highest BCUT2D eigenvalue weighted by Gasteiger charge is 2.45. The first-order valence-electron chi connectivity index (χ1n) is 9.62. The number of fused-ring (bicyclic) bond motifs is 2. The zero-order valence-corrected chi connectivity index (χ0v) is 17.8. The number of amides is 2. The molecule has 0 aromatic carbocycles. The summed E-state index contributed by atoms with van der Waals surface area (Å²) in [6, 6.07) is 0.334. The number of likely N-dealkylation sites (tertiary alicyclic amines) is 1. The molecule has 154 valence electrons. The predicted molar refractivity (Wildman–Crippen MR) is 102 cm³/mol. The van der Waals surface area contributed by atoms with Gasteiger partial charge in [0.25, 0.3) is 0 Å². The first-order valence-corrected chi connectivity index (χ1v) is 12.1. The van der Waals surface area contributed by atoms with Crippen LogP contribution in [0.5, 0.6) is 0 Å². The van der Waals surface area contributed by atoms with Crippen molar-refractivity contribution in [3.63, 3.8) is 0 Å². The summed E-state index contributed by atoms with van der Waals surface area (Å²) in [6.07, 6.45) is 3.67. The van der Waals surface area contributed by atoms with E-state index in [2.05, 4.69) is 0 Å². The molecule has 3 heterocycles. The Morgan fingerprint density at radius 3 is 2.30 bits per heavy atom. The first-order chi connectivity index (χ1) is 12.4. The number of rotatable bonds is 4. The molecule has 4 atom stereocenters. The van der Waals surface area contributed by atoms with Crippen molar-refractivity contribution >= 4 is 31.7 Å². The second kappa shape index (κ2) is 7.43. The molecule has 0 spiro atoms. The van der Waals surface area contributed by atoms with Gasteiger partial charge < -0.3 is 14.5 Å². The topological polar surface area (TPSA) is 84.0 Å². The van der Waals surface area contributed by atoms with Crippen molar-refractivity contribution in [3.8, 4) is 0 Å². The van der Waals surface area contributed by atoms with Crippen molar-refractivity contribution in [2.75, 3.05) is 18.8 Å². The Labute approximate surface area is 165 Å². The van der Waals surface area contributed by atoms with Gasteiger partial charge in [0.15, 0.2) is 0 Å². The van der Waals surface area contributed by atoms with E-state index < -0.39 is 14.7 Å². The largest absolute Gasteiger partial charge is 0.444 e. The molecule has 2 bridgehead atoms. The van der Waals surface area contributed by atoms with Crippen molar-refractivity contribution in [1.29, 1.82) is 0 Å². The van der Waals surface area contributed by atoms with Gasteiger partial charge >= 0.3 is 6.09 Å². The van der Waals surface area contributed by atoms with Gasteiger partial charge in [-0.05, 0) is 52.4 Å². The fourth-order valence-corrected chi connectivity index (χ4v) is 6.11. The third kappa shape index (κ3) is 5.28. The van der Waals surface area contributed by atoms with Crippen molar-refractivity contribution in [2.24, 2.45) is 11.8 Å². The maximum Gasteiger partial charge on any atom is 0.410 e. The lowest BCUT2D eigenvalue weighted by atomic mass is 9.90. The number of nitrogens with zero attached hydrogens (tertiary/aromatic N) is 2. The van der Waals surface area contributed by atoms with Gasteiger partial charge in [-0.25, -0.2) is 13.2 Å². The molecule has 9 heteroatoms. The summed E-state index contributed by atoms with van der Waals surface area (Å²) in [7, 11) is 1.74. The molecule has 0 aliphatic carbocycles. The van der Waals surface area contributed by atoms with Crippen LogP contribution in [0, 0.1) is 11.8 Å². The van der Waals surface area contributed by atoms with E-state index in [0.717, 1.165) is 25.7 Å². The summed E-state index contributed by atoms with van der Waals surface area (Å²) < 4.78 is 28.1. The van der Waals surface area contributed by atoms with E-state index in [1.54, 1.807) is 4.90 Å². The lowest BCUT2D eigenvalue weighted by Crippen LogP contribution is -2.50. The molecular weight excluding hydrogens is 392 g/mol. The summed E-state index contributed by atoms with van der Waals surface area (Å²) in [5.41, 5.74) is -0.507. The van der Waals surface area contributed by atoms with Crippen molar-refractivity contribution in [2.45, 2.75) is 70.6 Å². The molecule has 0 aromatic rings. The van der Waals surface area contributed by atoms with Crippen LogP contribution in [-0.2, 0) is 18.6 Å². The maximum absolute atomic E-state index is 12.5. The molecule has 3 saturated heterocycles. The van der Waals surface area contributed by atoms with Gasteiger partial charge in [-0.15, -0.1) is 0 Å². The van der Waals surface area contributed by atoms with Crippen molar-refractivity contribution < 1.29 is 22.7 Å². The molecule has 3 fully saturated rings. The molecule has 0 saturated carbocycles. The van der Waals surface area contributed by atoms with Crippen LogP contribution in [0.15, 0.2) is 0 Å². The van der Waals surface area contributed by atoms with Crippen LogP contribution in [-0.4, -0.2) is 66.7 Å². The number of halogens is 1. The molecule has 0 aromatic heterocycles. The number of hydrogen-bond acceptors (Lipinski definition) is 5. The fraction of sp³-hybridized carbons (Fsp3) is 0.889. The minimum atomic E-state index is -3.59. The van der Waals surface area contributed by atoms with E-state index in [-0.39, 0.29) is 42.2 Å². The van der Waals surface area contributed by atoms with Crippen LogP contribution in [0.2, 0.25) is 0 Å². The van der Waals surface area contributed by atoms with E-state index in [1.807, 2.05) is 25.7 Å². The molecule has 27 heavy (non-hydrogen) atoms. The van der Waals surface area contributed by atoms with Gasteiger partial charge in [0, 0.05) is 48.2 Å². The number of carbonyl (C=O) groups excluding carboxylic acids is 2. The third-order valence-corrected chi connectivity index (χ3v) is 6.89. The zero-order chi connectivity index (χ0) is 20.0. The van der Waals surface area contributed by atoms with Crippen LogP contribution in [0.1, 0.15) is 52.9 Å². The quantitative estimate of drug-likeness (QED) is 0.652. The van der Waals surface area contributed by atoms with Crippen LogP contribution >= 0.6 is 10.7 Å². The summed E-state index contributed by atoms with van der Waals surface area (Å²) in [4.78, 5) is 28.5. The number of piperidine rings is 1. The Hall–Kier alpha value is -1.02.